The van der Waals surface area contributed by atoms with Crippen LogP contribution in [0.3, 0.4) is 0 Å². The van der Waals surface area contributed by atoms with E-state index < -0.39 is 8.40 Å². The maximum atomic E-state index is 4.04. The second kappa shape index (κ2) is 6.38. The molecule has 0 unspecified atom stereocenters. The molecule has 0 fully saturated rings. The van der Waals surface area contributed by atoms with Gasteiger partial charge in [0.25, 0.3) is 0 Å². The van der Waals surface area contributed by atoms with E-state index in [-0.39, 0.29) is 0 Å². The van der Waals surface area contributed by atoms with Crippen molar-refractivity contribution in [1.82, 2.24) is 9.13 Å². The van der Waals surface area contributed by atoms with Gasteiger partial charge in [0, 0.05) is 0 Å². The van der Waals surface area contributed by atoms with Crippen molar-refractivity contribution in [2.75, 3.05) is 26.2 Å². The number of hydrogen-bond donors (Lipinski definition) is 0. The zero-order chi connectivity index (χ0) is 11.2. The zero-order valence-electron chi connectivity index (χ0n) is 10.5. The Bertz CT molecular complexity index is 151. The molecule has 0 aromatic carbocycles. The van der Waals surface area contributed by atoms with Gasteiger partial charge in [-0.15, -0.1) is 6.58 Å². The highest BCUT2D eigenvalue weighted by Crippen LogP contribution is 2.16. The van der Waals surface area contributed by atoms with Crippen molar-refractivity contribution in [1.29, 1.82) is 0 Å². The summed E-state index contributed by atoms with van der Waals surface area (Å²) >= 11 is 0. The molecule has 0 saturated heterocycles. The van der Waals surface area contributed by atoms with Crippen LogP contribution in [-0.2, 0) is 0 Å². The molecule has 14 heavy (non-hydrogen) atoms. The molecule has 0 aliphatic rings. The molecule has 0 aromatic rings. The topological polar surface area (TPSA) is 6.48 Å². The van der Waals surface area contributed by atoms with Gasteiger partial charge in [-0.1, -0.05) is 33.4 Å². The first-order valence-electron chi connectivity index (χ1n) is 5.74. The minimum absolute atomic E-state index is 1.13. The van der Waals surface area contributed by atoms with E-state index in [0.29, 0.717) is 0 Å². The van der Waals surface area contributed by atoms with Crippen LogP contribution in [0.1, 0.15) is 27.7 Å². The normalized spacial score (nSPS) is 12.5. The molecule has 0 spiro atoms. The lowest BCUT2D eigenvalue weighted by Crippen LogP contribution is -2.62. The zero-order valence-corrected chi connectivity index (χ0v) is 11.5. The standard InChI is InChI=1S/C11H26N2Si/c1-7-12(8-2)14(6,11-5)13(9-3)10-4/h11H,5,7-10H2,1-4,6H3. The summed E-state index contributed by atoms with van der Waals surface area (Å²) in [6.07, 6.45) is 0. The number of nitrogens with zero attached hydrogens (tertiary/aromatic N) is 2. The number of hydrogen-bond acceptors (Lipinski definition) is 2. The Morgan fingerprint density at radius 3 is 1.36 bits per heavy atom. The Morgan fingerprint density at radius 2 is 1.21 bits per heavy atom. The molecule has 0 rings (SSSR count). The van der Waals surface area contributed by atoms with Crippen molar-refractivity contribution in [3.8, 4) is 0 Å². The lowest BCUT2D eigenvalue weighted by atomic mass is 10.7. The summed E-state index contributed by atoms with van der Waals surface area (Å²) < 4.78 is 5.15. The maximum absolute atomic E-state index is 4.04. The largest absolute Gasteiger partial charge is 0.309 e. The second-order valence-electron chi connectivity index (χ2n) is 3.64. The van der Waals surface area contributed by atoms with Gasteiger partial charge in [-0.05, 0) is 32.7 Å². The van der Waals surface area contributed by atoms with E-state index in [1.54, 1.807) is 0 Å². The second-order valence-corrected chi connectivity index (χ2v) is 7.50. The SMILES string of the molecule is C=C[Si](C)(N(CC)CC)N(CC)CC. The molecule has 0 atom stereocenters. The van der Waals surface area contributed by atoms with Gasteiger partial charge in [0.2, 0.25) is 8.40 Å². The van der Waals surface area contributed by atoms with Crippen LogP contribution in [0.4, 0.5) is 0 Å². The first kappa shape index (κ1) is 13.9. The molecule has 0 aliphatic heterocycles. The third-order valence-corrected chi connectivity index (χ3v) is 7.79. The van der Waals surface area contributed by atoms with Crippen LogP contribution in [0, 0.1) is 0 Å². The Labute approximate surface area is 90.8 Å². The minimum atomic E-state index is -1.55. The first-order chi connectivity index (χ1) is 6.60. The van der Waals surface area contributed by atoms with E-state index in [4.69, 9.17) is 0 Å². The van der Waals surface area contributed by atoms with Gasteiger partial charge in [0.1, 0.15) is 0 Å². The average Bonchev–Trinajstić information content (AvgIpc) is 2.21. The van der Waals surface area contributed by atoms with E-state index >= 15 is 0 Å². The Balaban J connectivity index is 4.82. The Kier molecular flexibility index (Phi) is 6.32. The van der Waals surface area contributed by atoms with Crippen molar-refractivity contribution >= 4 is 8.40 Å². The monoisotopic (exact) mass is 214 g/mol. The van der Waals surface area contributed by atoms with Gasteiger partial charge >= 0.3 is 0 Å². The fourth-order valence-corrected chi connectivity index (χ4v) is 5.66. The summed E-state index contributed by atoms with van der Waals surface area (Å²) in [5, 5.41) is 0. The lowest BCUT2D eigenvalue weighted by molar-refractivity contribution is 0.366. The molecule has 3 heteroatoms. The molecule has 0 bridgehead atoms. The van der Waals surface area contributed by atoms with Gasteiger partial charge < -0.3 is 9.13 Å². The summed E-state index contributed by atoms with van der Waals surface area (Å²) in [5.41, 5.74) is 2.20. The van der Waals surface area contributed by atoms with E-state index in [2.05, 4.69) is 55.7 Å². The molecular formula is C11H26N2Si. The molecule has 0 heterocycles. The van der Waals surface area contributed by atoms with Crippen LogP contribution >= 0.6 is 0 Å². The van der Waals surface area contributed by atoms with Crippen LogP contribution < -0.4 is 0 Å². The van der Waals surface area contributed by atoms with E-state index in [1.165, 1.54) is 0 Å². The lowest BCUT2D eigenvalue weighted by Gasteiger charge is -2.43. The van der Waals surface area contributed by atoms with Crippen molar-refractivity contribution in [2.24, 2.45) is 0 Å². The maximum Gasteiger partial charge on any atom is 0.228 e. The van der Waals surface area contributed by atoms with Crippen molar-refractivity contribution in [3.63, 3.8) is 0 Å². The van der Waals surface area contributed by atoms with Crippen LogP contribution in [0.2, 0.25) is 6.55 Å². The number of rotatable bonds is 7. The molecule has 0 N–H and O–H groups in total. The molecule has 2 nitrogen and oxygen atoms in total. The molecule has 0 amide bonds. The van der Waals surface area contributed by atoms with Crippen LogP contribution in [0.5, 0.6) is 0 Å². The fraction of sp³-hybridized carbons (Fsp3) is 0.818. The summed E-state index contributed by atoms with van der Waals surface area (Å²) in [6.45, 7) is 19.9. The minimum Gasteiger partial charge on any atom is -0.309 e. The molecule has 0 aliphatic carbocycles. The van der Waals surface area contributed by atoms with Gasteiger partial charge in [-0.3, -0.25) is 0 Å². The molecule has 84 valence electrons. The van der Waals surface area contributed by atoms with Gasteiger partial charge in [0.15, 0.2) is 0 Å². The quantitative estimate of drug-likeness (QED) is 0.601. The van der Waals surface area contributed by atoms with Crippen molar-refractivity contribution in [2.45, 2.75) is 34.2 Å². The van der Waals surface area contributed by atoms with Gasteiger partial charge in [0.05, 0.1) is 0 Å². The summed E-state index contributed by atoms with van der Waals surface area (Å²) in [7, 11) is -1.55. The summed E-state index contributed by atoms with van der Waals surface area (Å²) in [5.74, 6) is 0. The molecule has 0 aromatic heterocycles. The van der Waals surface area contributed by atoms with Gasteiger partial charge in [-0.2, -0.15) is 0 Å². The highest BCUT2D eigenvalue weighted by molar-refractivity contribution is 6.78. The smallest absolute Gasteiger partial charge is 0.228 e. The van der Waals surface area contributed by atoms with Gasteiger partial charge in [-0.25, -0.2) is 0 Å². The highest BCUT2D eigenvalue weighted by atomic mass is 28.3. The van der Waals surface area contributed by atoms with E-state index in [1.807, 2.05) is 0 Å². The fourth-order valence-electron chi connectivity index (χ4n) is 2.19. The van der Waals surface area contributed by atoms with Crippen LogP contribution in [0.15, 0.2) is 12.3 Å². The molecule has 0 saturated carbocycles. The average molecular weight is 214 g/mol. The van der Waals surface area contributed by atoms with E-state index in [9.17, 15) is 0 Å². The molecular weight excluding hydrogens is 188 g/mol. The third-order valence-electron chi connectivity index (χ3n) is 3.19. The van der Waals surface area contributed by atoms with Crippen LogP contribution in [0.25, 0.3) is 0 Å². The first-order valence-corrected chi connectivity index (χ1v) is 8.21. The predicted octanol–water partition coefficient (Wildman–Crippen LogP) is 2.47. The van der Waals surface area contributed by atoms with Crippen molar-refractivity contribution in [3.05, 3.63) is 12.3 Å². The van der Waals surface area contributed by atoms with E-state index in [0.717, 1.165) is 26.2 Å². The summed E-state index contributed by atoms with van der Waals surface area (Å²) in [6, 6.07) is 0. The Hall–Kier alpha value is -0.123. The predicted molar refractivity (Wildman–Crippen MR) is 67.7 cm³/mol. The molecule has 0 radical (unpaired) electrons. The Morgan fingerprint density at radius 1 is 0.929 bits per heavy atom. The van der Waals surface area contributed by atoms with Crippen LogP contribution in [-0.4, -0.2) is 43.7 Å². The van der Waals surface area contributed by atoms with Crippen molar-refractivity contribution < 1.29 is 0 Å². The highest BCUT2D eigenvalue weighted by Gasteiger charge is 2.35. The third kappa shape index (κ3) is 2.68. The summed E-state index contributed by atoms with van der Waals surface area (Å²) in [4.78, 5) is 0.